The molecule has 1 fully saturated rings. The molecule has 1 aromatic carbocycles. The Morgan fingerprint density at radius 1 is 1.45 bits per heavy atom. The minimum Gasteiger partial charge on any atom is -0.496 e. The Kier molecular flexibility index (Phi) is 4.42. The monoisotopic (exact) mass is 275 g/mol. The summed E-state index contributed by atoms with van der Waals surface area (Å²) in [4.78, 5) is 24.8. The maximum absolute atomic E-state index is 12.1. The fourth-order valence-corrected chi connectivity index (χ4v) is 2.60. The van der Waals surface area contributed by atoms with Crippen molar-refractivity contribution in [2.75, 3.05) is 13.7 Å². The highest BCUT2D eigenvalue weighted by molar-refractivity contribution is 5.79. The summed E-state index contributed by atoms with van der Waals surface area (Å²) < 4.78 is 5.31. The van der Waals surface area contributed by atoms with Gasteiger partial charge in [0.05, 0.1) is 7.11 Å². The molecule has 20 heavy (non-hydrogen) atoms. The van der Waals surface area contributed by atoms with Crippen molar-refractivity contribution < 1.29 is 14.3 Å². The molecule has 4 heteroatoms. The summed E-state index contributed by atoms with van der Waals surface area (Å²) in [5.74, 6) is 1.83. The lowest BCUT2D eigenvalue weighted by molar-refractivity contribution is -0.128. The highest BCUT2D eigenvalue weighted by Crippen LogP contribution is 2.28. The second kappa shape index (κ2) is 6.07. The SMILES string of the molecule is COc1ccc(C=O)cc1CN1CC(C(C)C)CC1=O. The van der Waals surface area contributed by atoms with Gasteiger partial charge in [-0.15, -0.1) is 0 Å². The minimum absolute atomic E-state index is 0.183. The molecule has 0 spiro atoms. The van der Waals surface area contributed by atoms with Gasteiger partial charge in [0.15, 0.2) is 0 Å². The first-order valence-electron chi connectivity index (χ1n) is 6.95. The Morgan fingerprint density at radius 2 is 2.20 bits per heavy atom. The molecule has 0 radical (unpaired) electrons. The predicted octanol–water partition coefficient (Wildman–Crippen LogP) is 2.51. The zero-order chi connectivity index (χ0) is 14.7. The number of hydrogen-bond donors (Lipinski definition) is 0. The number of rotatable bonds is 5. The van der Waals surface area contributed by atoms with E-state index in [9.17, 15) is 9.59 Å². The van der Waals surface area contributed by atoms with Gasteiger partial charge in [-0.25, -0.2) is 0 Å². The third-order valence-corrected chi connectivity index (χ3v) is 3.99. The van der Waals surface area contributed by atoms with Crippen LogP contribution in [0.2, 0.25) is 0 Å². The molecule has 108 valence electrons. The molecule has 0 N–H and O–H groups in total. The van der Waals surface area contributed by atoms with Crippen LogP contribution in [0.4, 0.5) is 0 Å². The molecule has 0 saturated carbocycles. The molecule has 1 amide bonds. The first-order chi connectivity index (χ1) is 9.55. The molecule has 1 heterocycles. The van der Waals surface area contributed by atoms with Gasteiger partial charge in [0.25, 0.3) is 0 Å². The van der Waals surface area contributed by atoms with Gasteiger partial charge in [0, 0.05) is 30.6 Å². The van der Waals surface area contributed by atoms with E-state index >= 15 is 0 Å². The number of ether oxygens (including phenoxy) is 1. The van der Waals surface area contributed by atoms with Gasteiger partial charge in [-0.2, -0.15) is 0 Å². The Morgan fingerprint density at radius 3 is 2.75 bits per heavy atom. The van der Waals surface area contributed by atoms with E-state index in [4.69, 9.17) is 4.74 Å². The maximum atomic E-state index is 12.1. The smallest absolute Gasteiger partial charge is 0.223 e. The van der Waals surface area contributed by atoms with E-state index in [-0.39, 0.29) is 5.91 Å². The molecule has 1 aliphatic heterocycles. The van der Waals surface area contributed by atoms with Crippen molar-refractivity contribution in [3.05, 3.63) is 29.3 Å². The number of aldehydes is 1. The maximum Gasteiger partial charge on any atom is 0.223 e. The summed E-state index contributed by atoms with van der Waals surface area (Å²) in [6.07, 6.45) is 1.43. The molecular weight excluding hydrogens is 254 g/mol. The first-order valence-corrected chi connectivity index (χ1v) is 6.95. The van der Waals surface area contributed by atoms with Crippen LogP contribution in [0.1, 0.15) is 36.2 Å². The molecule has 4 nitrogen and oxygen atoms in total. The zero-order valence-corrected chi connectivity index (χ0v) is 12.3. The van der Waals surface area contributed by atoms with Crippen LogP contribution in [-0.2, 0) is 11.3 Å². The van der Waals surface area contributed by atoms with Crippen LogP contribution in [0.5, 0.6) is 5.75 Å². The van der Waals surface area contributed by atoms with Crippen LogP contribution >= 0.6 is 0 Å². The Hall–Kier alpha value is -1.84. The highest BCUT2D eigenvalue weighted by Gasteiger charge is 2.31. The molecule has 1 saturated heterocycles. The van der Waals surface area contributed by atoms with E-state index in [1.807, 2.05) is 4.90 Å². The van der Waals surface area contributed by atoms with Gasteiger partial charge in [0.1, 0.15) is 12.0 Å². The normalized spacial score (nSPS) is 18.7. The van der Waals surface area contributed by atoms with Crippen LogP contribution < -0.4 is 4.74 Å². The molecule has 1 unspecified atom stereocenters. The fraction of sp³-hybridized carbons (Fsp3) is 0.500. The van der Waals surface area contributed by atoms with E-state index in [0.717, 1.165) is 24.1 Å². The summed E-state index contributed by atoms with van der Waals surface area (Å²) in [5.41, 5.74) is 1.49. The van der Waals surface area contributed by atoms with Crippen LogP contribution in [0, 0.1) is 11.8 Å². The molecular formula is C16H21NO3. The fourth-order valence-electron chi connectivity index (χ4n) is 2.60. The predicted molar refractivity (Wildman–Crippen MR) is 76.7 cm³/mol. The summed E-state index contributed by atoms with van der Waals surface area (Å²) in [7, 11) is 1.60. The highest BCUT2D eigenvalue weighted by atomic mass is 16.5. The Balaban J connectivity index is 2.17. The largest absolute Gasteiger partial charge is 0.496 e. The van der Waals surface area contributed by atoms with Crippen LogP contribution in [-0.4, -0.2) is 30.7 Å². The number of hydrogen-bond acceptors (Lipinski definition) is 3. The minimum atomic E-state index is 0.183. The second-order valence-electron chi connectivity index (χ2n) is 5.67. The number of benzene rings is 1. The van der Waals surface area contributed by atoms with E-state index in [2.05, 4.69) is 13.8 Å². The Labute approximate surface area is 119 Å². The second-order valence-corrected chi connectivity index (χ2v) is 5.67. The van der Waals surface area contributed by atoms with Gasteiger partial charge in [-0.05, 0) is 30.0 Å². The van der Waals surface area contributed by atoms with E-state index in [1.54, 1.807) is 25.3 Å². The van der Waals surface area contributed by atoms with Crippen molar-refractivity contribution in [3.63, 3.8) is 0 Å². The number of amides is 1. The van der Waals surface area contributed by atoms with Crippen LogP contribution in [0.25, 0.3) is 0 Å². The van der Waals surface area contributed by atoms with Crippen molar-refractivity contribution in [1.29, 1.82) is 0 Å². The summed E-state index contributed by atoms with van der Waals surface area (Å²) in [5, 5.41) is 0. The first kappa shape index (κ1) is 14.6. The number of carbonyl (C=O) groups is 2. The lowest BCUT2D eigenvalue weighted by atomic mass is 9.95. The van der Waals surface area contributed by atoms with E-state index < -0.39 is 0 Å². The average Bonchev–Trinajstić information content (AvgIpc) is 2.80. The molecule has 0 bridgehead atoms. The third-order valence-electron chi connectivity index (χ3n) is 3.99. The number of methoxy groups -OCH3 is 1. The van der Waals surface area contributed by atoms with Crippen LogP contribution in [0.3, 0.4) is 0 Å². The van der Waals surface area contributed by atoms with Crippen LogP contribution in [0.15, 0.2) is 18.2 Å². The van der Waals surface area contributed by atoms with Crippen molar-refractivity contribution in [2.45, 2.75) is 26.8 Å². The topological polar surface area (TPSA) is 46.6 Å². The summed E-state index contributed by atoms with van der Waals surface area (Å²) in [6, 6.07) is 5.29. The van der Waals surface area contributed by atoms with Gasteiger partial charge < -0.3 is 9.64 Å². The van der Waals surface area contributed by atoms with Gasteiger partial charge in [0.2, 0.25) is 5.91 Å². The molecule has 0 aromatic heterocycles. The lowest BCUT2D eigenvalue weighted by Gasteiger charge is -2.19. The van der Waals surface area contributed by atoms with Crippen molar-refractivity contribution in [3.8, 4) is 5.75 Å². The molecule has 0 aliphatic carbocycles. The quantitative estimate of drug-likeness (QED) is 0.776. The molecule has 1 aliphatic rings. The third kappa shape index (κ3) is 3.00. The van der Waals surface area contributed by atoms with Gasteiger partial charge in [-0.3, -0.25) is 9.59 Å². The zero-order valence-electron chi connectivity index (χ0n) is 12.3. The summed E-state index contributed by atoms with van der Waals surface area (Å²) in [6.45, 7) is 5.59. The van der Waals surface area contributed by atoms with Crippen molar-refractivity contribution >= 4 is 12.2 Å². The van der Waals surface area contributed by atoms with E-state index in [1.165, 1.54) is 0 Å². The molecule has 1 aromatic rings. The Bertz CT molecular complexity index is 510. The van der Waals surface area contributed by atoms with E-state index in [0.29, 0.717) is 30.4 Å². The number of nitrogens with zero attached hydrogens (tertiary/aromatic N) is 1. The number of likely N-dealkylation sites (tertiary alicyclic amines) is 1. The van der Waals surface area contributed by atoms with Crippen molar-refractivity contribution in [2.24, 2.45) is 11.8 Å². The van der Waals surface area contributed by atoms with Gasteiger partial charge >= 0.3 is 0 Å². The summed E-state index contributed by atoms with van der Waals surface area (Å²) >= 11 is 0. The number of carbonyl (C=O) groups excluding carboxylic acids is 2. The molecule has 1 atom stereocenters. The average molecular weight is 275 g/mol. The van der Waals surface area contributed by atoms with Gasteiger partial charge in [-0.1, -0.05) is 13.8 Å². The standard InChI is InChI=1S/C16H21NO3/c1-11(2)13-7-16(19)17(8-13)9-14-6-12(10-18)4-5-15(14)20-3/h4-6,10-11,13H,7-9H2,1-3H3. The lowest BCUT2D eigenvalue weighted by Crippen LogP contribution is -2.25. The molecule has 2 rings (SSSR count). The van der Waals surface area contributed by atoms with Crippen molar-refractivity contribution in [1.82, 2.24) is 4.90 Å².